The lowest BCUT2D eigenvalue weighted by atomic mass is 10.2. The van der Waals surface area contributed by atoms with Crippen LogP contribution in [0.25, 0.3) is 10.4 Å². The van der Waals surface area contributed by atoms with Crippen molar-refractivity contribution in [1.82, 2.24) is 8.94 Å². The average molecular weight is 437 g/mol. The maximum atomic E-state index is 12.8. The van der Waals surface area contributed by atoms with E-state index in [0.717, 1.165) is 35.5 Å². The van der Waals surface area contributed by atoms with Crippen LogP contribution >= 0.6 is 11.5 Å². The highest BCUT2D eigenvalue weighted by Crippen LogP contribution is 2.31. The predicted molar refractivity (Wildman–Crippen MR) is 112 cm³/mol. The summed E-state index contributed by atoms with van der Waals surface area (Å²) >= 11 is 1.42. The molecule has 30 heavy (non-hydrogen) atoms. The Balaban J connectivity index is 1.67. The zero-order valence-corrected chi connectivity index (χ0v) is 17.2. The predicted octanol–water partition coefficient (Wildman–Crippen LogP) is 5.28. The fourth-order valence-corrected chi connectivity index (χ4v) is 3.88. The van der Waals surface area contributed by atoms with Gasteiger partial charge >= 0.3 is 6.18 Å². The van der Waals surface area contributed by atoms with Gasteiger partial charge in [0.25, 0.3) is 5.56 Å². The van der Waals surface area contributed by atoms with Gasteiger partial charge in [-0.15, -0.1) is 0 Å². The first-order chi connectivity index (χ1) is 14.4. The summed E-state index contributed by atoms with van der Waals surface area (Å²) in [5.41, 5.74) is 0.542. The molecule has 3 aromatic rings. The van der Waals surface area contributed by atoms with Crippen LogP contribution in [0.15, 0.2) is 53.5 Å². The molecule has 0 aliphatic heterocycles. The van der Waals surface area contributed by atoms with E-state index >= 15 is 0 Å². The average Bonchev–Trinajstić information content (AvgIpc) is 3.05. The van der Waals surface area contributed by atoms with Gasteiger partial charge in [-0.3, -0.25) is 8.75 Å². The Bertz CT molecular complexity index is 999. The summed E-state index contributed by atoms with van der Waals surface area (Å²) in [6.45, 7) is 3.19. The van der Waals surface area contributed by atoms with Crippen molar-refractivity contribution in [3.8, 4) is 16.3 Å². The number of hydrogen-bond donors (Lipinski definition) is 1. The Morgan fingerprint density at radius 2 is 1.93 bits per heavy atom. The van der Waals surface area contributed by atoms with Crippen LogP contribution in [0.5, 0.6) is 5.88 Å². The molecule has 2 aromatic heterocycles. The Hall–Kier alpha value is -2.81. The first kappa shape index (κ1) is 21.9. The third-order valence-corrected chi connectivity index (χ3v) is 5.53. The monoisotopic (exact) mass is 437 g/mol. The molecule has 1 N–H and O–H groups in total. The minimum absolute atomic E-state index is 0.0834. The number of aryl methyl sites for hydroxylation is 1. The molecular weight excluding hydrogens is 415 g/mol. The van der Waals surface area contributed by atoms with Crippen LogP contribution in [0.3, 0.4) is 0 Å². The summed E-state index contributed by atoms with van der Waals surface area (Å²) in [4.78, 5) is 17.3. The second-order valence-electron chi connectivity index (χ2n) is 6.58. The summed E-state index contributed by atoms with van der Waals surface area (Å²) < 4.78 is 44.9. The fourth-order valence-electron chi connectivity index (χ4n) is 2.78. The van der Waals surface area contributed by atoms with Gasteiger partial charge in [-0.1, -0.05) is 55.2 Å². The van der Waals surface area contributed by atoms with E-state index in [-0.39, 0.29) is 18.0 Å². The van der Waals surface area contributed by atoms with E-state index < -0.39 is 11.7 Å². The van der Waals surface area contributed by atoms with Crippen LogP contribution in [0.1, 0.15) is 25.3 Å². The quantitative estimate of drug-likeness (QED) is 0.463. The number of nitrogens with one attached hydrogen (secondary N) is 1. The molecule has 0 fully saturated rings. The highest BCUT2D eigenvalue weighted by atomic mass is 32.1. The van der Waals surface area contributed by atoms with E-state index in [1.54, 1.807) is 3.96 Å². The molecule has 3 rings (SSSR count). The zero-order valence-electron chi connectivity index (χ0n) is 16.4. The van der Waals surface area contributed by atoms with Crippen molar-refractivity contribution in [2.24, 2.45) is 0 Å². The Kier molecular flexibility index (Phi) is 7.15. The molecule has 0 saturated heterocycles. The summed E-state index contributed by atoms with van der Waals surface area (Å²) in [5.74, 6) is 0.0961. The van der Waals surface area contributed by atoms with Gasteiger partial charge in [0, 0.05) is 25.4 Å². The summed E-state index contributed by atoms with van der Waals surface area (Å²) in [6, 6.07) is 11.7. The largest absolute Gasteiger partial charge is 0.476 e. The molecular formula is C21H22F3N3O2S. The van der Waals surface area contributed by atoms with E-state index in [1.165, 1.54) is 17.6 Å². The highest BCUT2D eigenvalue weighted by Gasteiger charge is 2.30. The first-order valence-corrected chi connectivity index (χ1v) is 10.4. The second kappa shape index (κ2) is 9.80. The van der Waals surface area contributed by atoms with E-state index in [4.69, 9.17) is 4.74 Å². The summed E-state index contributed by atoms with van der Waals surface area (Å²) in [5, 5.41) is 3.13. The maximum Gasteiger partial charge on any atom is 0.417 e. The van der Waals surface area contributed by atoms with Crippen LogP contribution in [0, 0.1) is 0 Å². The second-order valence-corrected chi connectivity index (χ2v) is 7.61. The van der Waals surface area contributed by atoms with Gasteiger partial charge < -0.3 is 10.1 Å². The SMILES string of the molecule is CCCCn1sc(-c2ccccc2)c(NCCOc2ccc(C(F)(F)F)cn2)c1=O. The van der Waals surface area contributed by atoms with Crippen molar-refractivity contribution in [3.05, 3.63) is 64.6 Å². The number of benzene rings is 1. The number of unbranched alkanes of at least 4 members (excludes halogenated alkanes) is 1. The lowest BCUT2D eigenvalue weighted by Gasteiger charge is -2.09. The Labute approximate surface area is 176 Å². The van der Waals surface area contributed by atoms with Gasteiger partial charge in [0.2, 0.25) is 5.88 Å². The normalized spacial score (nSPS) is 11.5. The number of alkyl halides is 3. The number of aromatic nitrogens is 2. The highest BCUT2D eigenvalue weighted by molar-refractivity contribution is 7.10. The molecule has 0 unspecified atom stereocenters. The van der Waals surface area contributed by atoms with E-state index in [2.05, 4.69) is 17.2 Å². The molecule has 0 aliphatic carbocycles. The number of halogens is 3. The minimum atomic E-state index is -4.43. The van der Waals surface area contributed by atoms with Gasteiger partial charge in [0.1, 0.15) is 12.3 Å². The van der Waals surface area contributed by atoms with Crippen LogP contribution in [0.2, 0.25) is 0 Å². The third kappa shape index (κ3) is 5.41. The molecule has 0 bridgehead atoms. The van der Waals surface area contributed by atoms with Crippen LogP contribution in [-0.4, -0.2) is 22.1 Å². The van der Waals surface area contributed by atoms with Crippen molar-refractivity contribution in [2.75, 3.05) is 18.5 Å². The van der Waals surface area contributed by atoms with E-state index in [0.29, 0.717) is 18.8 Å². The van der Waals surface area contributed by atoms with Crippen molar-refractivity contribution in [1.29, 1.82) is 0 Å². The fraction of sp³-hybridized carbons (Fsp3) is 0.333. The molecule has 1 aromatic carbocycles. The molecule has 5 nitrogen and oxygen atoms in total. The number of ether oxygens (including phenoxy) is 1. The van der Waals surface area contributed by atoms with Gasteiger partial charge in [-0.25, -0.2) is 4.98 Å². The number of pyridine rings is 1. The molecule has 0 radical (unpaired) electrons. The van der Waals surface area contributed by atoms with Crippen molar-refractivity contribution in [3.63, 3.8) is 0 Å². The molecule has 0 spiro atoms. The number of anilines is 1. The van der Waals surface area contributed by atoms with Crippen molar-refractivity contribution in [2.45, 2.75) is 32.5 Å². The van der Waals surface area contributed by atoms with Crippen LogP contribution in [0.4, 0.5) is 18.9 Å². The summed E-state index contributed by atoms with van der Waals surface area (Å²) in [7, 11) is 0. The van der Waals surface area contributed by atoms with Crippen LogP contribution in [-0.2, 0) is 12.7 Å². The molecule has 9 heteroatoms. The topological polar surface area (TPSA) is 56.1 Å². The molecule has 2 heterocycles. The number of nitrogens with zero attached hydrogens (tertiary/aromatic N) is 2. The smallest absolute Gasteiger partial charge is 0.417 e. The zero-order chi connectivity index (χ0) is 21.6. The van der Waals surface area contributed by atoms with Crippen LogP contribution < -0.4 is 15.6 Å². The molecule has 0 atom stereocenters. The molecule has 0 amide bonds. The number of rotatable bonds is 9. The lowest BCUT2D eigenvalue weighted by molar-refractivity contribution is -0.137. The van der Waals surface area contributed by atoms with Gasteiger partial charge in [0.05, 0.1) is 10.4 Å². The Morgan fingerprint density at radius 3 is 2.57 bits per heavy atom. The van der Waals surface area contributed by atoms with Crippen molar-refractivity contribution >= 4 is 17.2 Å². The van der Waals surface area contributed by atoms with Crippen molar-refractivity contribution < 1.29 is 17.9 Å². The lowest BCUT2D eigenvalue weighted by Crippen LogP contribution is -2.20. The Morgan fingerprint density at radius 1 is 1.17 bits per heavy atom. The molecule has 0 aliphatic rings. The molecule has 160 valence electrons. The third-order valence-electron chi connectivity index (χ3n) is 4.34. The van der Waals surface area contributed by atoms with Gasteiger partial charge in [-0.05, 0) is 18.1 Å². The van der Waals surface area contributed by atoms with E-state index in [9.17, 15) is 18.0 Å². The summed E-state index contributed by atoms with van der Waals surface area (Å²) in [6.07, 6.45) is -1.79. The standard InChI is InChI=1S/C21H22F3N3O2S/c1-2-3-12-27-20(28)18(19(30-27)15-7-5-4-6-8-15)25-11-13-29-17-10-9-16(14-26-17)21(22,23)24/h4-10,14,25H,2-3,11-13H2,1H3. The molecule has 0 saturated carbocycles. The minimum Gasteiger partial charge on any atom is -0.476 e. The first-order valence-electron chi connectivity index (χ1n) is 9.59. The van der Waals surface area contributed by atoms with Gasteiger partial charge in [-0.2, -0.15) is 13.2 Å². The number of hydrogen-bond acceptors (Lipinski definition) is 5. The van der Waals surface area contributed by atoms with E-state index in [1.807, 2.05) is 30.3 Å². The van der Waals surface area contributed by atoms with Gasteiger partial charge in [0.15, 0.2) is 0 Å². The maximum absolute atomic E-state index is 12.8.